The molecule has 2 aromatic carbocycles. The molecule has 0 bridgehead atoms. The summed E-state index contributed by atoms with van der Waals surface area (Å²) in [6.07, 6.45) is 4.18. The van der Waals surface area contributed by atoms with Gasteiger partial charge < -0.3 is 4.90 Å². The number of hydrogen-bond donors (Lipinski definition) is 0. The van der Waals surface area contributed by atoms with E-state index in [1.54, 1.807) is 0 Å². The summed E-state index contributed by atoms with van der Waals surface area (Å²) in [5.74, 6) is 0. The van der Waals surface area contributed by atoms with Gasteiger partial charge in [-0.05, 0) is 76.1 Å². The number of fused-ring (bicyclic) bond motifs is 1. The number of anilines is 1. The van der Waals surface area contributed by atoms with Crippen LogP contribution >= 0.6 is 27.5 Å². The summed E-state index contributed by atoms with van der Waals surface area (Å²) >= 11 is 10.1. The van der Waals surface area contributed by atoms with Crippen LogP contribution < -0.4 is 4.90 Å². The molecule has 1 aliphatic rings. The van der Waals surface area contributed by atoms with Crippen molar-refractivity contribution in [2.45, 2.75) is 40.2 Å². The molecule has 0 spiro atoms. The third kappa shape index (κ3) is 3.60. The van der Waals surface area contributed by atoms with Crippen molar-refractivity contribution in [2.75, 3.05) is 11.4 Å². The average molecular weight is 432 g/mol. The van der Waals surface area contributed by atoms with Gasteiger partial charge in [0.2, 0.25) is 0 Å². The molecule has 0 fully saturated rings. The van der Waals surface area contributed by atoms with Gasteiger partial charge in [0.15, 0.2) is 0 Å². The van der Waals surface area contributed by atoms with E-state index in [2.05, 4.69) is 84.7 Å². The fourth-order valence-corrected chi connectivity index (χ4v) is 4.10. The molecule has 0 radical (unpaired) electrons. The summed E-state index contributed by atoms with van der Waals surface area (Å²) in [7, 11) is 0. The first-order valence-corrected chi connectivity index (χ1v) is 10.0. The van der Waals surface area contributed by atoms with Gasteiger partial charge in [-0.15, -0.1) is 0 Å². The van der Waals surface area contributed by atoms with Gasteiger partial charge in [0.1, 0.15) is 0 Å². The van der Waals surface area contributed by atoms with Gasteiger partial charge in [-0.3, -0.25) is 4.99 Å². The van der Waals surface area contributed by atoms with Crippen LogP contribution in [-0.2, 0) is 0 Å². The fourth-order valence-electron chi connectivity index (χ4n) is 3.64. The number of likely N-dealkylation sites (N-methyl/N-ethyl adjacent to an activating group) is 1. The molecule has 0 aliphatic carbocycles. The average Bonchev–Trinajstić information content (AvgIpc) is 2.56. The lowest BCUT2D eigenvalue weighted by Crippen LogP contribution is -2.44. The highest BCUT2D eigenvalue weighted by molar-refractivity contribution is 9.10. The summed E-state index contributed by atoms with van der Waals surface area (Å²) in [5.41, 5.74) is 6.71. The molecule has 136 valence electrons. The van der Waals surface area contributed by atoms with Gasteiger partial charge in [0.25, 0.3) is 0 Å². The van der Waals surface area contributed by atoms with Gasteiger partial charge in [-0.25, -0.2) is 0 Å². The highest BCUT2D eigenvalue weighted by Crippen LogP contribution is 2.41. The van der Waals surface area contributed by atoms with Gasteiger partial charge in [-0.2, -0.15) is 0 Å². The zero-order valence-corrected chi connectivity index (χ0v) is 18.2. The zero-order valence-electron chi connectivity index (χ0n) is 15.9. The summed E-state index contributed by atoms with van der Waals surface area (Å²) < 4.78 is 1.09. The minimum Gasteiger partial charge on any atom is -0.363 e. The second kappa shape index (κ2) is 7.21. The zero-order chi connectivity index (χ0) is 19.1. The second-order valence-electron chi connectivity index (χ2n) is 7.31. The first-order chi connectivity index (χ1) is 12.2. The molecule has 26 heavy (non-hydrogen) atoms. The maximum absolute atomic E-state index is 6.60. The Morgan fingerprint density at radius 3 is 2.58 bits per heavy atom. The van der Waals surface area contributed by atoms with E-state index in [1.165, 1.54) is 16.8 Å². The highest BCUT2D eigenvalue weighted by atomic mass is 79.9. The minimum atomic E-state index is -0.0142. The van der Waals surface area contributed by atoms with Crippen LogP contribution in [0.1, 0.15) is 44.4 Å². The molecular weight excluding hydrogens is 408 g/mol. The summed E-state index contributed by atoms with van der Waals surface area (Å²) in [5, 5.41) is 0.727. The molecule has 0 saturated carbocycles. The van der Waals surface area contributed by atoms with Crippen molar-refractivity contribution in [2.24, 2.45) is 4.99 Å². The molecule has 0 saturated heterocycles. The fraction of sp³-hybridized carbons (Fsp3) is 0.318. The molecule has 1 aliphatic heterocycles. The SMILES string of the molecule is CCN1c2cc(Cl)c(C=Nc3ccc(Br)c(C)c3)cc2C(C)=CC1(C)C. The van der Waals surface area contributed by atoms with Crippen LogP contribution in [0.3, 0.4) is 0 Å². The molecule has 0 atom stereocenters. The van der Waals surface area contributed by atoms with Crippen molar-refractivity contribution in [3.8, 4) is 0 Å². The van der Waals surface area contributed by atoms with E-state index in [4.69, 9.17) is 11.6 Å². The molecule has 0 N–H and O–H groups in total. The van der Waals surface area contributed by atoms with E-state index < -0.39 is 0 Å². The quantitative estimate of drug-likeness (QED) is 0.470. The second-order valence-corrected chi connectivity index (χ2v) is 8.57. The van der Waals surface area contributed by atoms with Crippen LogP contribution in [0.5, 0.6) is 0 Å². The lowest BCUT2D eigenvalue weighted by atomic mass is 9.88. The molecule has 0 aromatic heterocycles. The standard InChI is InChI=1S/C22H24BrClN2/c1-6-26-21-11-20(24)16(10-18(21)15(3)12-22(26,4)5)13-25-17-7-8-19(23)14(2)9-17/h7-13H,6H2,1-5H3. The van der Waals surface area contributed by atoms with Crippen molar-refractivity contribution in [1.29, 1.82) is 0 Å². The highest BCUT2D eigenvalue weighted by Gasteiger charge is 2.30. The van der Waals surface area contributed by atoms with Crippen LogP contribution in [0.2, 0.25) is 5.02 Å². The molecule has 0 amide bonds. The van der Waals surface area contributed by atoms with Crippen LogP contribution in [0.4, 0.5) is 11.4 Å². The van der Waals surface area contributed by atoms with Crippen molar-refractivity contribution in [1.82, 2.24) is 0 Å². The Morgan fingerprint density at radius 1 is 1.19 bits per heavy atom. The van der Waals surface area contributed by atoms with Crippen molar-refractivity contribution in [3.05, 3.63) is 62.6 Å². The molecule has 0 unspecified atom stereocenters. The summed E-state index contributed by atoms with van der Waals surface area (Å²) in [4.78, 5) is 7.01. The Hall–Kier alpha value is -1.58. The number of aliphatic imine (C=N–C) groups is 1. The van der Waals surface area contributed by atoms with Crippen molar-refractivity contribution in [3.63, 3.8) is 0 Å². The van der Waals surface area contributed by atoms with E-state index in [-0.39, 0.29) is 5.54 Å². The number of halogens is 2. The number of hydrogen-bond acceptors (Lipinski definition) is 2. The van der Waals surface area contributed by atoms with Crippen LogP contribution in [0, 0.1) is 6.92 Å². The van der Waals surface area contributed by atoms with Gasteiger partial charge in [-0.1, -0.05) is 33.6 Å². The van der Waals surface area contributed by atoms with Gasteiger partial charge in [0.05, 0.1) is 16.2 Å². The Labute approximate surface area is 169 Å². The van der Waals surface area contributed by atoms with Crippen molar-refractivity contribution < 1.29 is 0 Å². The maximum atomic E-state index is 6.60. The predicted molar refractivity (Wildman–Crippen MR) is 118 cm³/mol. The third-order valence-electron chi connectivity index (χ3n) is 4.91. The number of aryl methyl sites for hydroxylation is 1. The number of nitrogens with zero attached hydrogens (tertiary/aromatic N) is 2. The van der Waals surface area contributed by atoms with Crippen molar-refractivity contribution >= 4 is 50.7 Å². The molecular formula is C22H24BrClN2. The van der Waals surface area contributed by atoms with Crippen LogP contribution in [0.15, 0.2) is 45.9 Å². The predicted octanol–water partition coefficient (Wildman–Crippen LogP) is 7.18. The van der Waals surface area contributed by atoms with Gasteiger partial charge in [0, 0.05) is 34.0 Å². The monoisotopic (exact) mass is 430 g/mol. The molecule has 4 heteroatoms. The third-order valence-corrected chi connectivity index (χ3v) is 6.12. The molecule has 2 nitrogen and oxygen atoms in total. The van der Waals surface area contributed by atoms with Crippen LogP contribution in [-0.4, -0.2) is 18.3 Å². The maximum Gasteiger partial charge on any atom is 0.0633 e. The van der Waals surface area contributed by atoms with E-state index >= 15 is 0 Å². The first kappa shape index (κ1) is 19.2. The normalized spacial score (nSPS) is 16.0. The van der Waals surface area contributed by atoms with E-state index in [0.29, 0.717) is 0 Å². The topological polar surface area (TPSA) is 15.6 Å². The minimum absolute atomic E-state index is 0.0142. The van der Waals surface area contributed by atoms with E-state index in [1.807, 2.05) is 18.3 Å². The lowest BCUT2D eigenvalue weighted by molar-refractivity contribution is 0.566. The summed E-state index contributed by atoms with van der Waals surface area (Å²) in [6, 6.07) is 10.3. The Balaban J connectivity index is 2.02. The van der Waals surface area contributed by atoms with E-state index in [9.17, 15) is 0 Å². The van der Waals surface area contributed by atoms with E-state index in [0.717, 1.165) is 32.9 Å². The molecule has 2 aromatic rings. The largest absolute Gasteiger partial charge is 0.363 e. The van der Waals surface area contributed by atoms with Gasteiger partial charge >= 0.3 is 0 Å². The Bertz CT molecular complexity index is 913. The number of benzene rings is 2. The first-order valence-electron chi connectivity index (χ1n) is 8.84. The Kier molecular flexibility index (Phi) is 5.32. The number of rotatable bonds is 3. The molecule has 1 heterocycles. The smallest absolute Gasteiger partial charge is 0.0633 e. The Morgan fingerprint density at radius 2 is 1.92 bits per heavy atom. The molecule has 3 rings (SSSR count). The number of allylic oxidation sites excluding steroid dienone is 1. The van der Waals surface area contributed by atoms with Crippen LogP contribution in [0.25, 0.3) is 5.57 Å². The lowest BCUT2D eigenvalue weighted by Gasteiger charge is -2.43. The summed E-state index contributed by atoms with van der Waals surface area (Å²) in [6.45, 7) is 11.8.